The molecule has 0 aliphatic heterocycles. The Labute approximate surface area is 106 Å². The first-order chi connectivity index (χ1) is 7.88. The number of carbonyl (C=O) groups is 1. The monoisotopic (exact) mass is 257 g/mol. The normalized spacial score (nSPS) is 12.6. The number of nitrogens with zero attached hydrogens (tertiary/aromatic N) is 1. The number of benzene rings is 1. The number of halogens is 1. The fourth-order valence-electron chi connectivity index (χ4n) is 1.69. The zero-order valence-corrected chi connectivity index (χ0v) is 11.1. The molecule has 0 spiro atoms. The van der Waals surface area contributed by atoms with Gasteiger partial charge in [-0.3, -0.25) is 9.69 Å². The van der Waals surface area contributed by atoms with Crippen molar-refractivity contribution in [2.45, 2.75) is 13.0 Å². The Morgan fingerprint density at radius 2 is 2.06 bits per heavy atom. The van der Waals surface area contributed by atoms with Gasteiger partial charge in [-0.15, -0.1) is 0 Å². The van der Waals surface area contributed by atoms with Gasteiger partial charge in [0, 0.05) is 10.6 Å². The Bertz CT molecular complexity index is 432. The number of hydrogen-bond acceptors (Lipinski definition) is 3. The summed E-state index contributed by atoms with van der Waals surface area (Å²) in [6.07, 6.45) is 0. The Morgan fingerprint density at radius 1 is 1.47 bits per heavy atom. The van der Waals surface area contributed by atoms with Gasteiger partial charge in [-0.05, 0) is 38.7 Å². The minimum Gasteiger partial charge on any atom is -0.496 e. The Kier molecular flexibility index (Phi) is 4.37. The van der Waals surface area contributed by atoms with Crippen LogP contribution >= 0.6 is 11.6 Å². The molecule has 0 radical (unpaired) electrons. The highest BCUT2D eigenvalue weighted by Crippen LogP contribution is 2.33. The molecule has 0 heterocycles. The highest BCUT2D eigenvalue weighted by molar-refractivity contribution is 6.31. The standard InChI is InChI=1S/C12H16ClNO3/c1-7-5-10(17-4)8(6-9(7)13)11(12(15)16)14(2)3/h5-6,11H,1-4H3,(H,15,16). The number of rotatable bonds is 4. The summed E-state index contributed by atoms with van der Waals surface area (Å²) < 4.78 is 5.21. The molecule has 0 aliphatic carbocycles. The molecule has 94 valence electrons. The van der Waals surface area contributed by atoms with E-state index >= 15 is 0 Å². The van der Waals surface area contributed by atoms with Crippen molar-refractivity contribution in [2.75, 3.05) is 21.2 Å². The summed E-state index contributed by atoms with van der Waals surface area (Å²) in [5, 5.41) is 9.77. The highest BCUT2D eigenvalue weighted by atomic mass is 35.5. The van der Waals surface area contributed by atoms with E-state index in [0.717, 1.165) is 5.56 Å². The lowest BCUT2D eigenvalue weighted by molar-refractivity contribution is -0.142. The number of methoxy groups -OCH3 is 1. The molecule has 0 saturated heterocycles. The molecule has 0 aromatic heterocycles. The van der Waals surface area contributed by atoms with E-state index in [1.54, 1.807) is 31.1 Å². The lowest BCUT2D eigenvalue weighted by atomic mass is 10.0. The molecule has 5 heteroatoms. The van der Waals surface area contributed by atoms with Crippen LogP contribution in [0.3, 0.4) is 0 Å². The minimum atomic E-state index is -0.937. The zero-order valence-electron chi connectivity index (χ0n) is 10.3. The van der Waals surface area contributed by atoms with Gasteiger partial charge in [-0.2, -0.15) is 0 Å². The molecule has 0 saturated carbocycles. The Balaban J connectivity index is 3.36. The van der Waals surface area contributed by atoms with Crippen LogP contribution < -0.4 is 4.74 Å². The zero-order chi connectivity index (χ0) is 13.2. The number of carboxylic acids is 1. The molecule has 1 aromatic carbocycles. The van der Waals surface area contributed by atoms with Gasteiger partial charge >= 0.3 is 5.97 Å². The second kappa shape index (κ2) is 5.38. The van der Waals surface area contributed by atoms with Gasteiger partial charge in [0.2, 0.25) is 0 Å². The first-order valence-electron chi connectivity index (χ1n) is 5.11. The minimum absolute atomic E-state index is 0.535. The molecule has 4 nitrogen and oxygen atoms in total. The van der Waals surface area contributed by atoms with Crippen LogP contribution in [0.15, 0.2) is 12.1 Å². The van der Waals surface area contributed by atoms with E-state index in [9.17, 15) is 9.90 Å². The van der Waals surface area contributed by atoms with Crippen molar-refractivity contribution in [1.82, 2.24) is 4.90 Å². The predicted octanol–water partition coefficient (Wildman–Crippen LogP) is 2.34. The average molecular weight is 258 g/mol. The number of likely N-dealkylation sites (N-methyl/N-ethyl adjacent to an activating group) is 1. The first-order valence-corrected chi connectivity index (χ1v) is 5.49. The molecule has 0 bridgehead atoms. The van der Waals surface area contributed by atoms with Crippen molar-refractivity contribution in [3.63, 3.8) is 0 Å². The van der Waals surface area contributed by atoms with Crippen LogP contribution in [0.2, 0.25) is 5.02 Å². The van der Waals surface area contributed by atoms with E-state index in [0.29, 0.717) is 16.3 Å². The summed E-state index contributed by atoms with van der Waals surface area (Å²) in [5.41, 5.74) is 1.41. The largest absolute Gasteiger partial charge is 0.496 e. The molecular weight excluding hydrogens is 242 g/mol. The average Bonchev–Trinajstić information content (AvgIpc) is 2.22. The summed E-state index contributed by atoms with van der Waals surface area (Å²) in [6, 6.07) is 2.62. The lowest BCUT2D eigenvalue weighted by Gasteiger charge is -2.23. The van der Waals surface area contributed by atoms with Crippen molar-refractivity contribution < 1.29 is 14.6 Å². The fourth-order valence-corrected chi connectivity index (χ4v) is 1.87. The molecule has 17 heavy (non-hydrogen) atoms. The van der Waals surface area contributed by atoms with Crippen LogP contribution in [0.25, 0.3) is 0 Å². The van der Waals surface area contributed by atoms with E-state index in [-0.39, 0.29) is 0 Å². The van der Waals surface area contributed by atoms with Crippen molar-refractivity contribution in [1.29, 1.82) is 0 Å². The predicted molar refractivity (Wildman–Crippen MR) is 66.8 cm³/mol. The van der Waals surface area contributed by atoms with Crippen LogP contribution in [-0.2, 0) is 4.79 Å². The van der Waals surface area contributed by atoms with E-state index in [2.05, 4.69) is 0 Å². The van der Waals surface area contributed by atoms with Gasteiger partial charge in [0.15, 0.2) is 0 Å². The maximum absolute atomic E-state index is 11.3. The van der Waals surface area contributed by atoms with Gasteiger partial charge in [0.25, 0.3) is 0 Å². The van der Waals surface area contributed by atoms with Crippen molar-refractivity contribution in [2.24, 2.45) is 0 Å². The summed E-state index contributed by atoms with van der Waals surface area (Å²) in [6.45, 7) is 1.85. The number of carboxylic acid groups (broad SMARTS) is 1. The third kappa shape index (κ3) is 2.90. The number of ether oxygens (including phenoxy) is 1. The quantitative estimate of drug-likeness (QED) is 0.900. The first kappa shape index (κ1) is 13.8. The van der Waals surface area contributed by atoms with Crippen LogP contribution in [0.1, 0.15) is 17.2 Å². The summed E-state index contributed by atoms with van der Waals surface area (Å²) in [4.78, 5) is 12.9. The van der Waals surface area contributed by atoms with Gasteiger partial charge in [-0.1, -0.05) is 11.6 Å². The molecular formula is C12H16ClNO3. The van der Waals surface area contributed by atoms with Gasteiger partial charge in [0.1, 0.15) is 11.8 Å². The highest BCUT2D eigenvalue weighted by Gasteiger charge is 2.26. The SMILES string of the molecule is COc1cc(C)c(Cl)cc1C(C(=O)O)N(C)C. The Morgan fingerprint density at radius 3 is 2.47 bits per heavy atom. The van der Waals surface area contributed by atoms with Crippen molar-refractivity contribution in [3.8, 4) is 5.75 Å². The summed E-state index contributed by atoms with van der Waals surface area (Å²) >= 11 is 6.03. The van der Waals surface area contributed by atoms with E-state index in [1.165, 1.54) is 7.11 Å². The van der Waals surface area contributed by atoms with Crippen LogP contribution in [0.4, 0.5) is 0 Å². The Hall–Kier alpha value is -1.26. The van der Waals surface area contributed by atoms with E-state index in [1.807, 2.05) is 6.92 Å². The molecule has 0 aliphatic rings. The maximum atomic E-state index is 11.3. The number of hydrogen-bond donors (Lipinski definition) is 1. The molecule has 1 unspecified atom stereocenters. The van der Waals surface area contributed by atoms with Crippen LogP contribution in [0.5, 0.6) is 5.75 Å². The van der Waals surface area contributed by atoms with Crippen LogP contribution in [0, 0.1) is 6.92 Å². The van der Waals surface area contributed by atoms with Crippen molar-refractivity contribution >= 4 is 17.6 Å². The van der Waals surface area contributed by atoms with Gasteiger partial charge in [-0.25, -0.2) is 0 Å². The topological polar surface area (TPSA) is 49.8 Å². The van der Waals surface area contributed by atoms with Gasteiger partial charge in [0.05, 0.1) is 7.11 Å². The number of aryl methyl sites for hydroxylation is 1. The molecule has 1 atom stereocenters. The van der Waals surface area contributed by atoms with Crippen LogP contribution in [-0.4, -0.2) is 37.2 Å². The van der Waals surface area contributed by atoms with E-state index in [4.69, 9.17) is 16.3 Å². The molecule has 1 rings (SSSR count). The van der Waals surface area contributed by atoms with E-state index < -0.39 is 12.0 Å². The van der Waals surface area contributed by atoms with Gasteiger partial charge < -0.3 is 9.84 Å². The maximum Gasteiger partial charge on any atom is 0.325 e. The molecule has 1 aromatic rings. The number of aliphatic carboxylic acids is 1. The molecule has 0 fully saturated rings. The smallest absolute Gasteiger partial charge is 0.325 e. The third-order valence-corrected chi connectivity index (χ3v) is 2.96. The third-order valence-electron chi connectivity index (χ3n) is 2.56. The lowest BCUT2D eigenvalue weighted by Crippen LogP contribution is -2.27. The second-order valence-corrected chi connectivity index (χ2v) is 4.45. The summed E-state index contributed by atoms with van der Waals surface area (Å²) in [7, 11) is 4.92. The molecule has 0 amide bonds. The fraction of sp³-hybridized carbons (Fsp3) is 0.417. The second-order valence-electron chi connectivity index (χ2n) is 4.05. The van der Waals surface area contributed by atoms with Crippen molar-refractivity contribution in [3.05, 3.63) is 28.3 Å². The summed E-state index contributed by atoms with van der Waals surface area (Å²) in [5.74, 6) is -0.402. The molecule has 1 N–H and O–H groups in total.